The van der Waals surface area contributed by atoms with Crippen LogP contribution in [0.3, 0.4) is 0 Å². The van der Waals surface area contributed by atoms with Crippen LogP contribution in [0.25, 0.3) is 11.0 Å². The Kier molecular flexibility index (Phi) is 3.58. The largest absolute Gasteiger partial charge is 0.382 e. The number of aryl methyl sites for hydroxylation is 1. The molecule has 0 unspecified atom stereocenters. The lowest BCUT2D eigenvalue weighted by molar-refractivity contribution is 0.142. The summed E-state index contributed by atoms with van der Waals surface area (Å²) in [5, 5.41) is 0. The minimum absolute atomic E-state index is 0.335. The van der Waals surface area contributed by atoms with Crippen molar-refractivity contribution in [2.45, 2.75) is 19.9 Å². The maximum atomic E-state index is 13.5. The topological polar surface area (TPSA) is 53.1 Å². The Labute approximate surface area is 99.2 Å². The van der Waals surface area contributed by atoms with E-state index < -0.39 is 0 Å². The number of benzene rings is 1. The fourth-order valence-electron chi connectivity index (χ4n) is 1.83. The molecule has 0 atom stereocenters. The number of nitrogens with two attached hydrogens (primary N) is 1. The van der Waals surface area contributed by atoms with E-state index in [1.54, 1.807) is 6.07 Å². The van der Waals surface area contributed by atoms with Gasteiger partial charge >= 0.3 is 0 Å². The molecule has 1 aromatic carbocycles. The lowest BCUT2D eigenvalue weighted by Crippen LogP contribution is -2.06. The molecule has 0 saturated heterocycles. The third kappa shape index (κ3) is 2.39. The lowest BCUT2D eigenvalue weighted by atomic mass is 10.3. The van der Waals surface area contributed by atoms with Gasteiger partial charge in [0.15, 0.2) is 5.82 Å². The number of aromatic nitrogens is 2. The Morgan fingerprint density at radius 2 is 2.29 bits per heavy atom. The predicted octanol–water partition coefficient (Wildman–Crippen LogP) is 2.18. The van der Waals surface area contributed by atoms with Crippen molar-refractivity contribution in [1.29, 1.82) is 0 Å². The zero-order chi connectivity index (χ0) is 12.3. The Morgan fingerprint density at radius 1 is 1.47 bits per heavy atom. The molecule has 1 aromatic heterocycles. The minimum Gasteiger partial charge on any atom is -0.382 e. The Morgan fingerprint density at radius 3 is 3.06 bits per heavy atom. The number of ether oxygens (including phenoxy) is 1. The molecule has 1 heterocycles. The molecule has 0 aliphatic heterocycles. The Bertz CT molecular complexity index is 510. The van der Waals surface area contributed by atoms with Crippen molar-refractivity contribution in [2.75, 3.05) is 18.9 Å². The van der Waals surface area contributed by atoms with Crippen LogP contribution in [-0.4, -0.2) is 22.8 Å². The molecular weight excluding hydrogens is 221 g/mol. The van der Waals surface area contributed by atoms with E-state index in [0.29, 0.717) is 31.2 Å². The van der Waals surface area contributed by atoms with Crippen molar-refractivity contribution in [3.8, 4) is 0 Å². The fraction of sp³-hybridized carbons (Fsp3) is 0.417. The molecule has 0 aliphatic carbocycles. The molecule has 2 rings (SSSR count). The quantitative estimate of drug-likeness (QED) is 0.811. The number of imidazole rings is 1. The maximum Gasteiger partial charge on any atom is 0.201 e. The number of hydrogen-bond donors (Lipinski definition) is 1. The van der Waals surface area contributed by atoms with E-state index in [1.807, 2.05) is 17.6 Å². The highest BCUT2D eigenvalue weighted by Crippen LogP contribution is 2.20. The molecule has 0 saturated carbocycles. The van der Waals surface area contributed by atoms with Crippen molar-refractivity contribution < 1.29 is 9.13 Å². The van der Waals surface area contributed by atoms with E-state index in [-0.39, 0.29) is 5.82 Å². The number of hydrogen-bond acceptors (Lipinski definition) is 3. The molecule has 5 heteroatoms. The standard InChI is InChI=1S/C12H16FN3O/c1-2-17-8-4-7-16-10-6-3-5-9(13)11(10)15-12(16)14/h3,5-6H,2,4,7-8H2,1H3,(H2,14,15). The average molecular weight is 237 g/mol. The second-order valence-corrected chi connectivity index (χ2v) is 3.78. The smallest absolute Gasteiger partial charge is 0.201 e. The number of rotatable bonds is 5. The molecule has 2 N–H and O–H groups in total. The summed E-state index contributed by atoms with van der Waals surface area (Å²) in [6.45, 7) is 4.02. The Balaban J connectivity index is 2.21. The highest BCUT2D eigenvalue weighted by Gasteiger charge is 2.10. The summed E-state index contributed by atoms with van der Waals surface area (Å²) in [5.41, 5.74) is 6.85. The molecule has 4 nitrogen and oxygen atoms in total. The number of nitrogen functional groups attached to an aromatic ring is 1. The second-order valence-electron chi connectivity index (χ2n) is 3.78. The van der Waals surface area contributed by atoms with Gasteiger partial charge in [0, 0.05) is 19.8 Å². The first kappa shape index (κ1) is 11.9. The zero-order valence-corrected chi connectivity index (χ0v) is 9.82. The molecule has 0 aliphatic rings. The van der Waals surface area contributed by atoms with E-state index in [4.69, 9.17) is 10.5 Å². The molecular formula is C12H16FN3O. The van der Waals surface area contributed by atoms with Crippen molar-refractivity contribution >= 4 is 17.0 Å². The van der Waals surface area contributed by atoms with Crippen LogP contribution in [0.4, 0.5) is 10.3 Å². The molecule has 92 valence electrons. The third-order valence-electron chi connectivity index (χ3n) is 2.63. The fourth-order valence-corrected chi connectivity index (χ4v) is 1.83. The van der Waals surface area contributed by atoms with Crippen LogP contribution < -0.4 is 5.73 Å². The van der Waals surface area contributed by atoms with Gasteiger partial charge in [-0.2, -0.15) is 0 Å². The highest BCUT2D eigenvalue weighted by atomic mass is 19.1. The van der Waals surface area contributed by atoms with Crippen LogP contribution in [0.1, 0.15) is 13.3 Å². The van der Waals surface area contributed by atoms with Gasteiger partial charge < -0.3 is 15.0 Å². The number of halogens is 1. The van der Waals surface area contributed by atoms with E-state index in [1.165, 1.54) is 6.07 Å². The van der Waals surface area contributed by atoms with Crippen LogP contribution in [0.15, 0.2) is 18.2 Å². The van der Waals surface area contributed by atoms with Gasteiger partial charge in [-0.05, 0) is 25.5 Å². The second kappa shape index (κ2) is 5.14. The summed E-state index contributed by atoms with van der Waals surface area (Å²) >= 11 is 0. The molecule has 0 spiro atoms. The van der Waals surface area contributed by atoms with Crippen molar-refractivity contribution in [3.63, 3.8) is 0 Å². The highest BCUT2D eigenvalue weighted by molar-refractivity contribution is 5.78. The van der Waals surface area contributed by atoms with Gasteiger partial charge in [-0.15, -0.1) is 0 Å². The monoisotopic (exact) mass is 237 g/mol. The summed E-state index contributed by atoms with van der Waals surface area (Å²) in [4.78, 5) is 4.04. The number of anilines is 1. The minimum atomic E-state index is -0.335. The molecule has 0 amide bonds. The maximum absolute atomic E-state index is 13.5. The van der Waals surface area contributed by atoms with Crippen molar-refractivity contribution in [2.24, 2.45) is 0 Å². The zero-order valence-electron chi connectivity index (χ0n) is 9.82. The van der Waals surface area contributed by atoms with Gasteiger partial charge in [-0.1, -0.05) is 6.07 Å². The van der Waals surface area contributed by atoms with Crippen LogP contribution >= 0.6 is 0 Å². The van der Waals surface area contributed by atoms with Crippen molar-refractivity contribution in [1.82, 2.24) is 9.55 Å². The van der Waals surface area contributed by atoms with Gasteiger partial charge in [0.2, 0.25) is 5.95 Å². The van der Waals surface area contributed by atoms with Crippen LogP contribution in [0.2, 0.25) is 0 Å². The van der Waals surface area contributed by atoms with Gasteiger partial charge in [0.1, 0.15) is 5.52 Å². The summed E-state index contributed by atoms with van der Waals surface area (Å²) in [5.74, 6) is 0.0133. The number of fused-ring (bicyclic) bond motifs is 1. The van der Waals surface area contributed by atoms with E-state index in [2.05, 4.69) is 4.98 Å². The normalized spacial score (nSPS) is 11.2. The van der Waals surface area contributed by atoms with Gasteiger partial charge in [0.25, 0.3) is 0 Å². The molecule has 0 radical (unpaired) electrons. The van der Waals surface area contributed by atoms with Crippen LogP contribution in [-0.2, 0) is 11.3 Å². The molecule has 0 fully saturated rings. The first-order valence-electron chi connectivity index (χ1n) is 5.72. The molecule has 2 aromatic rings. The van der Waals surface area contributed by atoms with Crippen LogP contribution in [0, 0.1) is 5.82 Å². The first-order chi connectivity index (χ1) is 8.24. The summed E-state index contributed by atoms with van der Waals surface area (Å²) < 4.78 is 20.5. The summed E-state index contributed by atoms with van der Waals surface area (Å²) in [6, 6.07) is 4.87. The average Bonchev–Trinajstić information content (AvgIpc) is 2.63. The lowest BCUT2D eigenvalue weighted by Gasteiger charge is -2.06. The van der Waals surface area contributed by atoms with Gasteiger partial charge in [0.05, 0.1) is 5.52 Å². The predicted molar refractivity (Wildman–Crippen MR) is 65.2 cm³/mol. The third-order valence-corrected chi connectivity index (χ3v) is 2.63. The van der Waals surface area contributed by atoms with E-state index in [9.17, 15) is 4.39 Å². The Hall–Kier alpha value is -1.62. The number of nitrogens with zero attached hydrogens (tertiary/aromatic N) is 2. The van der Waals surface area contributed by atoms with E-state index >= 15 is 0 Å². The number of para-hydroxylation sites is 1. The summed E-state index contributed by atoms with van der Waals surface area (Å²) in [6.07, 6.45) is 0.833. The van der Waals surface area contributed by atoms with Crippen LogP contribution in [0.5, 0.6) is 0 Å². The SMILES string of the molecule is CCOCCCn1c(N)nc2c(F)cccc21. The van der Waals surface area contributed by atoms with Gasteiger partial charge in [-0.3, -0.25) is 0 Å². The van der Waals surface area contributed by atoms with Crippen molar-refractivity contribution in [3.05, 3.63) is 24.0 Å². The molecule has 0 bridgehead atoms. The molecule has 17 heavy (non-hydrogen) atoms. The first-order valence-corrected chi connectivity index (χ1v) is 5.72. The van der Waals surface area contributed by atoms with E-state index in [0.717, 1.165) is 11.9 Å². The summed E-state index contributed by atoms with van der Waals surface area (Å²) in [7, 11) is 0. The van der Waals surface area contributed by atoms with Gasteiger partial charge in [-0.25, -0.2) is 9.37 Å².